The quantitative estimate of drug-likeness (QED) is 0.363. The Labute approximate surface area is 59.0 Å². The first kappa shape index (κ1) is 6.49. The molecule has 0 spiro atoms. The normalized spacial score (nSPS) is 25.4. The predicted octanol–water partition coefficient (Wildman–Crippen LogP) is 1.61. The maximum Gasteiger partial charge on any atom is 0.129 e. The Bertz CT molecular complexity index is 172. The van der Waals surface area contributed by atoms with Crippen LogP contribution < -0.4 is 0 Å². The Hall–Kier alpha value is -0.630. The zero-order chi connectivity index (χ0) is 6.69. The molecule has 3 heteroatoms. The Kier molecular flexibility index (Phi) is 2.01. The zero-order valence-corrected chi connectivity index (χ0v) is 5.67. The molecule has 0 N–H and O–H groups in total. The SMILES string of the molecule is C=NC1=NC=CC(Cl)C1. The average Bonchev–Trinajstić information content (AvgIpc) is 1.88. The van der Waals surface area contributed by atoms with Crippen LogP contribution in [0.2, 0.25) is 0 Å². The summed E-state index contributed by atoms with van der Waals surface area (Å²) in [4.78, 5) is 7.58. The van der Waals surface area contributed by atoms with E-state index in [-0.39, 0.29) is 5.38 Å². The first-order valence-corrected chi connectivity index (χ1v) is 3.10. The van der Waals surface area contributed by atoms with Gasteiger partial charge in [0.05, 0.1) is 5.38 Å². The molecule has 9 heavy (non-hydrogen) atoms. The highest BCUT2D eigenvalue weighted by Crippen LogP contribution is 2.10. The van der Waals surface area contributed by atoms with Crippen molar-refractivity contribution in [3.05, 3.63) is 12.3 Å². The average molecular weight is 143 g/mol. The summed E-state index contributed by atoms with van der Waals surface area (Å²) in [5, 5.41) is 0.0444. The van der Waals surface area contributed by atoms with Crippen LogP contribution in [0.3, 0.4) is 0 Å². The second-order valence-corrected chi connectivity index (χ2v) is 2.33. The topological polar surface area (TPSA) is 24.7 Å². The van der Waals surface area contributed by atoms with E-state index in [0.717, 1.165) is 5.84 Å². The van der Waals surface area contributed by atoms with Crippen LogP contribution in [-0.2, 0) is 0 Å². The summed E-state index contributed by atoms with van der Waals surface area (Å²) in [6, 6.07) is 0. The molecular weight excluding hydrogens is 136 g/mol. The molecule has 1 unspecified atom stereocenters. The number of aliphatic imine (C=N–C) groups is 2. The Morgan fingerprint density at radius 3 is 3.11 bits per heavy atom. The maximum absolute atomic E-state index is 5.73. The van der Waals surface area contributed by atoms with E-state index in [2.05, 4.69) is 16.7 Å². The van der Waals surface area contributed by atoms with E-state index in [1.807, 2.05) is 6.08 Å². The molecule has 0 saturated carbocycles. The molecule has 1 heterocycles. The van der Waals surface area contributed by atoms with E-state index in [1.165, 1.54) is 0 Å². The van der Waals surface area contributed by atoms with Crippen LogP contribution in [0.25, 0.3) is 0 Å². The second-order valence-electron chi connectivity index (χ2n) is 1.77. The number of hydrogen-bond donors (Lipinski definition) is 0. The van der Waals surface area contributed by atoms with Gasteiger partial charge in [0.15, 0.2) is 0 Å². The zero-order valence-electron chi connectivity index (χ0n) is 4.92. The van der Waals surface area contributed by atoms with Crippen molar-refractivity contribution in [3.8, 4) is 0 Å². The van der Waals surface area contributed by atoms with Crippen molar-refractivity contribution in [2.45, 2.75) is 11.8 Å². The highest BCUT2D eigenvalue weighted by molar-refractivity contribution is 6.23. The molecule has 0 aromatic carbocycles. The molecule has 1 aliphatic rings. The fourth-order valence-electron chi connectivity index (χ4n) is 0.623. The third kappa shape index (κ3) is 1.64. The lowest BCUT2D eigenvalue weighted by molar-refractivity contribution is 1.05. The molecular formula is C6H7ClN2. The van der Waals surface area contributed by atoms with Gasteiger partial charge in [-0.3, -0.25) is 0 Å². The van der Waals surface area contributed by atoms with Crippen LogP contribution >= 0.6 is 11.6 Å². The van der Waals surface area contributed by atoms with Gasteiger partial charge in [0.25, 0.3) is 0 Å². The molecule has 48 valence electrons. The number of amidine groups is 1. The molecule has 1 aliphatic heterocycles. The van der Waals surface area contributed by atoms with Crippen LogP contribution in [0.1, 0.15) is 6.42 Å². The van der Waals surface area contributed by atoms with Crippen molar-refractivity contribution in [2.75, 3.05) is 0 Å². The fraction of sp³-hybridized carbons (Fsp3) is 0.333. The van der Waals surface area contributed by atoms with Crippen LogP contribution in [0.15, 0.2) is 22.3 Å². The molecule has 0 aromatic heterocycles. The minimum absolute atomic E-state index is 0.0444. The van der Waals surface area contributed by atoms with Crippen molar-refractivity contribution in [1.29, 1.82) is 0 Å². The van der Waals surface area contributed by atoms with Crippen molar-refractivity contribution in [2.24, 2.45) is 9.98 Å². The summed E-state index contributed by atoms with van der Waals surface area (Å²) in [5.74, 6) is 0.720. The van der Waals surface area contributed by atoms with Gasteiger partial charge < -0.3 is 0 Å². The summed E-state index contributed by atoms with van der Waals surface area (Å²) in [5.41, 5.74) is 0. The third-order valence-corrected chi connectivity index (χ3v) is 1.38. The van der Waals surface area contributed by atoms with Crippen molar-refractivity contribution < 1.29 is 0 Å². The van der Waals surface area contributed by atoms with E-state index in [9.17, 15) is 0 Å². The highest BCUT2D eigenvalue weighted by Gasteiger charge is 2.06. The molecule has 0 radical (unpaired) electrons. The number of alkyl halides is 1. The van der Waals surface area contributed by atoms with Crippen LogP contribution in [-0.4, -0.2) is 17.9 Å². The molecule has 0 fully saturated rings. The molecule has 0 bridgehead atoms. The molecule has 2 nitrogen and oxygen atoms in total. The first-order valence-electron chi connectivity index (χ1n) is 2.67. The van der Waals surface area contributed by atoms with Crippen LogP contribution in [0.4, 0.5) is 0 Å². The number of allylic oxidation sites excluding steroid dienone is 1. The Morgan fingerprint density at radius 1 is 1.89 bits per heavy atom. The lowest BCUT2D eigenvalue weighted by Gasteiger charge is -2.05. The maximum atomic E-state index is 5.73. The minimum atomic E-state index is 0.0444. The van der Waals surface area contributed by atoms with Gasteiger partial charge in [-0.1, -0.05) is 0 Å². The molecule has 1 rings (SSSR count). The molecule has 0 amide bonds. The van der Waals surface area contributed by atoms with Crippen LogP contribution in [0.5, 0.6) is 0 Å². The van der Waals surface area contributed by atoms with Crippen LogP contribution in [0, 0.1) is 0 Å². The predicted molar refractivity (Wildman–Crippen MR) is 40.4 cm³/mol. The van der Waals surface area contributed by atoms with E-state index >= 15 is 0 Å². The van der Waals surface area contributed by atoms with Crippen molar-refractivity contribution in [3.63, 3.8) is 0 Å². The smallest absolute Gasteiger partial charge is 0.129 e. The number of hydrogen-bond acceptors (Lipinski definition) is 2. The standard InChI is InChI=1S/C6H7ClN2/c1-8-6-4-5(7)2-3-9-6/h2-3,5H,1,4H2. The number of halogens is 1. The summed E-state index contributed by atoms with van der Waals surface area (Å²) < 4.78 is 0. The van der Waals surface area contributed by atoms with Gasteiger partial charge in [0.1, 0.15) is 5.84 Å². The highest BCUT2D eigenvalue weighted by atomic mass is 35.5. The molecule has 0 saturated heterocycles. The lowest BCUT2D eigenvalue weighted by atomic mass is 10.2. The Balaban J connectivity index is 2.65. The van der Waals surface area contributed by atoms with Gasteiger partial charge in [0.2, 0.25) is 0 Å². The number of nitrogens with zero attached hydrogens (tertiary/aromatic N) is 2. The van der Waals surface area contributed by atoms with E-state index in [4.69, 9.17) is 11.6 Å². The van der Waals surface area contributed by atoms with E-state index in [0.29, 0.717) is 6.42 Å². The number of rotatable bonds is 0. The summed E-state index contributed by atoms with van der Waals surface area (Å²) in [6.07, 6.45) is 4.18. The summed E-state index contributed by atoms with van der Waals surface area (Å²) in [6.45, 7) is 3.35. The van der Waals surface area contributed by atoms with Crippen molar-refractivity contribution in [1.82, 2.24) is 0 Å². The minimum Gasteiger partial charge on any atom is -0.249 e. The largest absolute Gasteiger partial charge is 0.249 e. The van der Waals surface area contributed by atoms with Gasteiger partial charge in [0, 0.05) is 12.6 Å². The van der Waals surface area contributed by atoms with E-state index < -0.39 is 0 Å². The molecule has 1 atom stereocenters. The monoisotopic (exact) mass is 142 g/mol. The van der Waals surface area contributed by atoms with Gasteiger partial charge >= 0.3 is 0 Å². The molecule has 0 aromatic rings. The summed E-state index contributed by atoms with van der Waals surface area (Å²) in [7, 11) is 0. The third-order valence-electron chi connectivity index (χ3n) is 1.08. The van der Waals surface area contributed by atoms with E-state index in [1.54, 1.807) is 6.20 Å². The van der Waals surface area contributed by atoms with Gasteiger partial charge in [-0.2, -0.15) is 0 Å². The fourth-order valence-corrected chi connectivity index (χ4v) is 0.826. The van der Waals surface area contributed by atoms with Gasteiger partial charge in [-0.25, -0.2) is 9.98 Å². The lowest BCUT2D eigenvalue weighted by Crippen LogP contribution is -2.06. The second kappa shape index (κ2) is 2.78. The van der Waals surface area contributed by atoms with Gasteiger partial charge in [-0.15, -0.1) is 11.6 Å². The van der Waals surface area contributed by atoms with Gasteiger partial charge in [-0.05, 0) is 12.8 Å². The Morgan fingerprint density at radius 2 is 2.67 bits per heavy atom. The molecule has 0 aliphatic carbocycles. The summed E-state index contributed by atoms with van der Waals surface area (Å²) >= 11 is 5.73. The first-order chi connectivity index (χ1) is 4.33. The van der Waals surface area contributed by atoms with Crippen molar-refractivity contribution >= 4 is 24.2 Å².